The Kier molecular flexibility index (Phi) is 5.05. The molecule has 0 bridgehead atoms. The molecule has 6 aliphatic rings. The normalized spacial score (nSPS) is 57.4. The fraction of sp³-hybridized carbons (Fsp3) is 1.00. The van der Waals surface area contributed by atoms with E-state index in [2.05, 4.69) is 41.5 Å². The highest BCUT2D eigenvalue weighted by molar-refractivity contribution is 5.26. The third kappa shape index (κ3) is 2.66. The molecule has 6 fully saturated rings. The first kappa shape index (κ1) is 22.4. The van der Waals surface area contributed by atoms with Crippen LogP contribution in [-0.4, -0.2) is 25.4 Å². The monoisotopic (exact) mass is 442 g/mol. The van der Waals surface area contributed by atoms with Crippen LogP contribution in [0.4, 0.5) is 0 Å². The molecule has 0 N–H and O–H groups in total. The minimum atomic E-state index is 0.525. The van der Waals surface area contributed by atoms with Crippen molar-refractivity contribution in [1.82, 2.24) is 0 Å². The Labute approximate surface area is 198 Å². The van der Waals surface area contributed by atoms with E-state index in [1.807, 2.05) is 7.11 Å². The lowest BCUT2D eigenvalue weighted by Crippen LogP contribution is -2.57. The van der Waals surface area contributed by atoms with Gasteiger partial charge in [-0.3, -0.25) is 0 Å². The maximum absolute atomic E-state index is 6.44. The van der Waals surface area contributed by atoms with Crippen LogP contribution in [0.15, 0.2) is 0 Å². The average Bonchev–Trinajstić information content (AvgIpc) is 3.63. The summed E-state index contributed by atoms with van der Waals surface area (Å²) in [6, 6.07) is 0. The molecule has 1 saturated heterocycles. The molecule has 6 rings (SSSR count). The van der Waals surface area contributed by atoms with Crippen molar-refractivity contribution in [2.24, 2.45) is 63.6 Å². The van der Waals surface area contributed by atoms with Crippen molar-refractivity contribution < 1.29 is 9.47 Å². The van der Waals surface area contributed by atoms with Gasteiger partial charge < -0.3 is 9.47 Å². The van der Waals surface area contributed by atoms with Crippen LogP contribution in [0.25, 0.3) is 0 Å². The van der Waals surface area contributed by atoms with E-state index < -0.39 is 0 Å². The quantitative estimate of drug-likeness (QED) is 0.401. The Morgan fingerprint density at radius 1 is 0.969 bits per heavy atom. The largest absolute Gasteiger partial charge is 0.381 e. The van der Waals surface area contributed by atoms with E-state index in [9.17, 15) is 0 Å². The zero-order valence-electron chi connectivity index (χ0n) is 22.0. The van der Waals surface area contributed by atoms with Crippen LogP contribution in [0.3, 0.4) is 0 Å². The summed E-state index contributed by atoms with van der Waals surface area (Å²) in [4.78, 5) is 0. The molecule has 2 heteroatoms. The summed E-state index contributed by atoms with van der Waals surface area (Å²) in [5.74, 6) is 6.83. The van der Waals surface area contributed by atoms with Gasteiger partial charge in [-0.1, -0.05) is 48.0 Å². The Hall–Kier alpha value is -0.0800. The molecule has 2 nitrogen and oxygen atoms in total. The number of hydrogen-bond donors (Lipinski definition) is 0. The Bertz CT molecular complexity index is 747. The zero-order valence-corrected chi connectivity index (χ0v) is 22.0. The minimum Gasteiger partial charge on any atom is -0.381 e. The second-order valence-corrected chi connectivity index (χ2v) is 14.2. The second-order valence-electron chi connectivity index (χ2n) is 14.2. The Morgan fingerprint density at radius 3 is 2.41 bits per heavy atom. The molecule has 1 aliphatic heterocycles. The van der Waals surface area contributed by atoms with Gasteiger partial charge in [-0.05, 0) is 110 Å². The summed E-state index contributed by atoms with van der Waals surface area (Å²) < 4.78 is 12.8. The van der Waals surface area contributed by atoms with Crippen molar-refractivity contribution in [1.29, 1.82) is 0 Å². The van der Waals surface area contributed by atoms with Gasteiger partial charge in [-0.15, -0.1) is 0 Å². The van der Waals surface area contributed by atoms with Gasteiger partial charge in [0.25, 0.3) is 0 Å². The minimum absolute atomic E-state index is 0.525. The maximum atomic E-state index is 6.44. The fourth-order valence-electron chi connectivity index (χ4n) is 11.7. The number of methoxy groups -OCH3 is 1. The van der Waals surface area contributed by atoms with Crippen molar-refractivity contribution in [2.75, 3.05) is 7.11 Å². The summed E-state index contributed by atoms with van der Waals surface area (Å²) in [5.41, 5.74) is 1.64. The molecule has 0 amide bonds. The molecule has 0 aromatic carbocycles. The number of ether oxygens (including phenoxy) is 2. The van der Waals surface area contributed by atoms with E-state index in [0.717, 1.165) is 47.3 Å². The summed E-state index contributed by atoms with van der Waals surface area (Å²) in [5, 5.41) is 0. The SMILES string of the molecule is CC[C@@H](C(C)C)[C@H]1O[C@@H]1[C@@H](C)C1CCC2C3C[C@@H](OC)C45C[C@H]4CC[C@]5(C)C3CC[C@@]21C. The highest BCUT2D eigenvalue weighted by atomic mass is 16.6. The molecule has 5 unspecified atom stereocenters. The van der Waals surface area contributed by atoms with Crippen LogP contribution in [0.2, 0.25) is 0 Å². The highest BCUT2D eigenvalue weighted by Crippen LogP contribution is 2.82. The standard InChI is InChI=1S/C30H50O2/c1-8-20(17(2)3)27-26(32-27)18(4)22-9-10-23-21-15-25(31-7)30-16-19(30)11-14-29(30,6)24(21)12-13-28(22,23)5/h17-27H,8-16H2,1-7H3/t18-,19+,20-,21?,22?,23?,24?,25+,26+,27+,28+,29+,30?/m0/s1. The first-order valence-corrected chi connectivity index (χ1v) is 14.4. The Balaban J connectivity index is 1.23. The van der Waals surface area contributed by atoms with Gasteiger partial charge in [0.05, 0.1) is 18.3 Å². The van der Waals surface area contributed by atoms with Crippen molar-refractivity contribution in [3.05, 3.63) is 0 Å². The molecule has 32 heavy (non-hydrogen) atoms. The van der Waals surface area contributed by atoms with Gasteiger partial charge in [0, 0.05) is 12.5 Å². The van der Waals surface area contributed by atoms with Crippen molar-refractivity contribution >= 4 is 0 Å². The van der Waals surface area contributed by atoms with Gasteiger partial charge in [-0.25, -0.2) is 0 Å². The third-order valence-electron chi connectivity index (χ3n) is 13.4. The van der Waals surface area contributed by atoms with Crippen molar-refractivity contribution in [3.8, 4) is 0 Å². The summed E-state index contributed by atoms with van der Waals surface area (Å²) >= 11 is 0. The first-order chi connectivity index (χ1) is 15.2. The molecular formula is C30H50O2. The molecule has 182 valence electrons. The molecule has 0 radical (unpaired) electrons. The topological polar surface area (TPSA) is 21.8 Å². The molecule has 5 aliphatic carbocycles. The van der Waals surface area contributed by atoms with E-state index in [1.54, 1.807) is 0 Å². The van der Waals surface area contributed by atoms with Crippen LogP contribution < -0.4 is 0 Å². The number of hydrogen-bond acceptors (Lipinski definition) is 2. The van der Waals surface area contributed by atoms with E-state index >= 15 is 0 Å². The summed E-state index contributed by atoms with van der Waals surface area (Å²) in [7, 11) is 2.03. The van der Waals surface area contributed by atoms with Crippen molar-refractivity contribution in [3.63, 3.8) is 0 Å². The number of rotatable bonds is 6. The number of fused-ring (bicyclic) bond motifs is 4. The van der Waals surface area contributed by atoms with E-state index in [1.165, 1.54) is 57.8 Å². The molecule has 1 heterocycles. The third-order valence-corrected chi connectivity index (χ3v) is 13.4. The van der Waals surface area contributed by atoms with Gasteiger partial charge in [0.1, 0.15) is 0 Å². The molecule has 1 spiro atoms. The molecule has 5 saturated carbocycles. The van der Waals surface area contributed by atoms with Crippen molar-refractivity contribution in [2.45, 2.75) is 118 Å². The smallest absolute Gasteiger partial charge is 0.0875 e. The van der Waals surface area contributed by atoms with E-state index in [0.29, 0.717) is 34.6 Å². The maximum Gasteiger partial charge on any atom is 0.0875 e. The summed E-state index contributed by atoms with van der Waals surface area (Å²) in [6.07, 6.45) is 14.5. The predicted octanol–water partition coefficient (Wildman–Crippen LogP) is 7.36. The van der Waals surface area contributed by atoms with E-state index in [-0.39, 0.29) is 0 Å². The van der Waals surface area contributed by atoms with Crippen LogP contribution >= 0.6 is 0 Å². The van der Waals surface area contributed by atoms with Gasteiger partial charge in [0.15, 0.2) is 0 Å². The lowest BCUT2D eigenvalue weighted by Gasteiger charge is -2.61. The van der Waals surface area contributed by atoms with Crippen LogP contribution in [0.5, 0.6) is 0 Å². The van der Waals surface area contributed by atoms with Crippen LogP contribution in [-0.2, 0) is 9.47 Å². The van der Waals surface area contributed by atoms with Gasteiger partial charge in [0.2, 0.25) is 0 Å². The lowest BCUT2D eigenvalue weighted by atomic mass is 9.45. The van der Waals surface area contributed by atoms with E-state index in [4.69, 9.17) is 9.47 Å². The molecule has 0 aromatic rings. The molecular weight excluding hydrogens is 392 g/mol. The van der Waals surface area contributed by atoms with Gasteiger partial charge in [-0.2, -0.15) is 0 Å². The second kappa shape index (κ2) is 7.22. The summed E-state index contributed by atoms with van der Waals surface area (Å²) in [6.45, 7) is 15.1. The predicted molar refractivity (Wildman–Crippen MR) is 130 cm³/mol. The number of epoxide rings is 1. The highest BCUT2D eigenvalue weighted by Gasteiger charge is 2.77. The van der Waals surface area contributed by atoms with Crippen LogP contribution in [0.1, 0.15) is 99.3 Å². The van der Waals surface area contributed by atoms with Gasteiger partial charge >= 0.3 is 0 Å². The molecule has 0 aromatic heterocycles. The molecule has 13 atom stereocenters. The Morgan fingerprint density at radius 2 is 1.75 bits per heavy atom. The lowest BCUT2D eigenvalue weighted by molar-refractivity contribution is -0.161. The zero-order chi connectivity index (χ0) is 22.6. The first-order valence-electron chi connectivity index (χ1n) is 14.4. The van der Waals surface area contributed by atoms with Crippen LogP contribution in [0, 0.1) is 63.6 Å². The fourth-order valence-corrected chi connectivity index (χ4v) is 11.7. The average molecular weight is 443 g/mol.